The van der Waals surface area contributed by atoms with Crippen LogP contribution in [-0.2, 0) is 0 Å². The highest BCUT2D eigenvalue weighted by molar-refractivity contribution is 5.66. The quantitative estimate of drug-likeness (QED) is 0.568. The predicted molar refractivity (Wildman–Crippen MR) is 102 cm³/mol. The van der Waals surface area contributed by atoms with Crippen LogP contribution in [0.25, 0.3) is 0 Å². The molecule has 0 spiro atoms. The van der Waals surface area contributed by atoms with E-state index in [-0.39, 0.29) is 18.3 Å². The van der Waals surface area contributed by atoms with Gasteiger partial charge in [-0.15, -0.1) is 0 Å². The molecule has 4 heterocycles. The van der Waals surface area contributed by atoms with E-state index in [0.717, 1.165) is 31.4 Å². The minimum Gasteiger partial charge on any atom is -0.394 e. The van der Waals surface area contributed by atoms with Crippen LogP contribution < -0.4 is 20.9 Å². The number of aromatic nitrogens is 3. The van der Waals surface area contributed by atoms with Gasteiger partial charge in [-0.1, -0.05) is 0 Å². The summed E-state index contributed by atoms with van der Waals surface area (Å²) in [5.41, 5.74) is 0.642. The van der Waals surface area contributed by atoms with E-state index in [4.69, 9.17) is 0 Å². The third-order valence-electron chi connectivity index (χ3n) is 5.02. The van der Waals surface area contributed by atoms with Gasteiger partial charge in [-0.05, 0) is 13.3 Å². The molecule has 28 heavy (non-hydrogen) atoms. The summed E-state index contributed by atoms with van der Waals surface area (Å²) in [6, 6.07) is 4.66. The van der Waals surface area contributed by atoms with Gasteiger partial charge in [-0.2, -0.15) is 0 Å². The van der Waals surface area contributed by atoms with E-state index < -0.39 is 6.43 Å². The Balaban J connectivity index is 1.59. The fraction of sp³-hybridized carbons (Fsp3) is 0.500. The number of piperazine rings is 1. The summed E-state index contributed by atoms with van der Waals surface area (Å²) < 4.78 is 25.3. The Kier molecular flexibility index (Phi) is 5.23. The monoisotopic (exact) mass is 391 g/mol. The molecule has 2 bridgehead atoms. The van der Waals surface area contributed by atoms with Crippen molar-refractivity contribution in [1.29, 1.82) is 0 Å². The highest BCUT2D eigenvalue weighted by Gasteiger charge is 2.37. The lowest BCUT2D eigenvalue weighted by molar-refractivity contribution is 0.145. The summed E-state index contributed by atoms with van der Waals surface area (Å²) in [6.07, 6.45) is 0.773. The minimum absolute atomic E-state index is 0.0203. The first kappa shape index (κ1) is 18.8. The third kappa shape index (κ3) is 3.97. The Morgan fingerprint density at radius 2 is 2.07 bits per heavy atom. The maximum absolute atomic E-state index is 12.7. The summed E-state index contributed by atoms with van der Waals surface area (Å²) >= 11 is 0. The number of aliphatic hydroxyl groups excluding tert-OH is 1. The largest absolute Gasteiger partial charge is 0.394 e. The molecular formula is C18H23F2N7O. The van der Waals surface area contributed by atoms with E-state index in [2.05, 4.69) is 35.8 Å². The van der Waals surface area contributed by atoms with Crippen LogP contribution in [0.4, 0.5) is 31.9 Å². The smallest absolute Gasteiger partial charge is 0.281 e. The van der Waals surface area contributed by atoms with Gasteiger partial charge < -0.3 is 26.0 Å². The minimum atomic E-state index is -2.65. The summed E-state index contributed by atoms with van der Waals surface area (Å²) in [7, 11) is 0. The number of halogens is 2. The Morgan fingerprint density at radius 1 is 1.25 bits per heavy atom. The average Bonchev–Trinajstić information content (AvgIpc) is 3.31. The molecule has 2 aromatic rings. The molecule has 4 N–H and O–H groups in total. The maximum Gasteiger partial charge on any atom is 0.281 e. The van der Waals surface area contributed by atoms with Crippen LogP contribution in [0.2, 0.25) is 0 Å². The molecule has 3 atom stereocenters. The van der Waals surface area contributed by atoms with E-state index in [9.17, 15) is 13.9 Å². The van der Waals surface area contributed by atoms with Crippen LogP contribution in [0.1, 0.15) is 25.5 Å². The van der Waals surface area contributed by atoms with E-state index >= 15 is 0 Å². The zero-order chi connectivity index (χ0) is 19.7. The SMILES string of the molecule is CC(CO)Nc1cc(N2CC3CC2CN3)cc(Nc2cnc(C(F)F)cn2)n1. The number of nitrogens with zero attached hydrogens (tertiary/aromatic N) is 4. The van der Waals surface area contributed by atoms with Crippen molar-refractivity contribution < 1.29 is 13.9 Å². The maximum atomic E-state index is 12.7. The molecule has 0 aliphatic carbocycles. The second-order valence-corrected chi connectivity index (χ2v) is 7.22. The van der Waals surface area contributed by atoms with Crippen molar-refractivity contribution in [1.82, 2.24) is 20.3 Å². The fourth-order valence-corrected chi connectivity index (χ4v) is 3.64. The average molecular weight is 391 g/mol. The molecule has 2 aromatic heterocycles. The zero-order valence-corrected chi connectivity index (χ0v) is 15.4. The van der Waals surface area contributed by atoms with E-state index in [1.165, 1.54) is 6.20 Å². The molecular weight excluding hydrogens is 368 g/mol. The van der Waals surface area contributed by atoms with Crippen molar-refractivity contribution >= 4 is 23.1 Å². The molecule has 10 heteroatoms. The van der Waals surface area contributed by atoms with Crippen LogP contribution in [0.3, 0.4) is 0 Å². The summed E-state index contributed by atoms with van der Waals surface area (Å²) in [6.45, 7) is 3.71. The van der Waals surface area contributed by atoms with Crippen LogP contribution in [0.15, 0.2) is 24.5 Å². The van der Waals surface area contributed by atoms with E-state index in [1.807, 2.05) is 19.1 Å². The highest BCUT2D eigenvalue weighted by Crippen LogP contribution is 2.32. The number of rotatable bonds is 7. The molecule has 2 aliphatic rings. The molecule has 0 saturated carbocycles. The summed E-state index contributed by atoms with van der Waals surface area (Å²) in [4.78, 5) is 14.6. The Morgan fingerprint density at radius 3 is 2.68 bits per heavy atom. The molecule has 4 rings (SSSR count). The van der Waals surface area contributed by atoms with Gasteiger partial charge in [-0.3, -0.25) is 0 Å². The number of hydrogen-bond donors (Lipinski definition) is 4. The van der Waals surface area contributed by atoms with Gasteiger partial charge in [0.1, 0.15) is 23.1 Å². The van der Waals surface area contributed by atoms with Gasteiger partial charge in [0.2, 0.25) is 0 Å². The first-order valence-electron chi connectivity index (χ1n) is 9.28. The van der Waals surface area contributed by atoms with Crippen LogP contribution in [0.5, 0.6) is 0 Å². The second-order valence-electron chi connectivity index (χ2n) is 7.22. The van der Waals surface area contributed by atoms with Crippen LogP contribution in [0, 0.1) is 0 Å². The molecule has 2 aliphatic heterocycles. The first-order chi connectivity index (χ1) is 13.5. The molecule has 8 nitrogen and oxygen atoms in total. The molecule has 0 amide bonds. The van der Waals surface area contributed by atoms with Crippen molar-refractivity contribution in [2.24, 2.45) is 0 Å². The Bertz CT molecular complexity index is 820. The molecule has 2 saturated heterocycles. The molecule has 0 aromatic carbocycles. The molecule has 0 radical (unpaired) electrons. The highest BCUT2D eigenvalue weighted by atomic mass is 19.3. The molecule has 3 unspecified atom stereocenters. The summed E-state index contributed by atoms with van der Waals surface area (Å²) in [5.74, 6) is 1.48. The van der Waals surface area contributed by atoms with Gasteiger partial charge in [0.25, 0.3) is 6.43 Å². The lowest BCUT2D eigenvalue weighted by atomic mass is 10.2. The zero-order valence-electron chi connectivity index (χ0n) is 15.4. The Hall–Kier alpha value is -2.59. The normalized spacial score (nSPS) is 22.0. The lowest BCUT2D eigenvalue weighted by Gasteiger charge is -2.30. The van der Waals surface area contributed by atoms with Gasteiger partial charge in [0, 0.05) is 49.0 Å². The first-order valence-corrected chi connectivity index (χ1v) is 9.28. The number of pyridine rings is 1. The van der Waals surface area contributed by atoms with E-state index in [1.54, 1.807) is 0 Å². The van der Waals surface area contributed by atoms with Crippen molar-refractivity contribution in [3.8, 4) is 0 Å². The van der Waals surface area contributed by atoms with Crippen molar-refractivity contribution in [2.45, 2.75) is 37.9 Å². The van der Waals surface area contributed by atoms with Crippen LogP contribution >= 0.6 is 0 Å². The number of hydrogen-bond acceptors (Lipinski definition) is 8. The van der Waals surface area contributed by atoms with Gasteiger partial charge in [-0.25, -0.2) is 23.7 Å². The van der Waals surface area contributed by atoms with Crippen LogP contribution in [-0.4, -0.2) is 57.9 Å². The number of fused-ring (bicyclic) bond motifs is 2. The van der Waals surface area contributed by atoms with Crippen molar-refractivity contribution in [2.75, 3.05) is 35.2 Å². The third-order valence-corrected chi connectivity index (χ3v) is 5.02. The number of nitrogens with one attached hydrogen (secondary N) is 3. The van der Waals surface area contributed by atoms with Gasteiger partial charge in [0.15, 0.2) is 0 Å². The Labute approximate surface area is 161 Å². The lowest BCUT2D eigenvalue weighted by Crippen LogP contribution is -2.43. The second kappa shape index (κ2) is 7.80. The molecule has 150 valence electrons. The van der Waals surface area contributed by atoms with Gasteiger partial charge in [0.05, 0.1) is 19.0 Å². The number of anilines is 4. The molecule has 2 fully saturated rings. The van der Waals surface area contributed by atoms with E-state index in [0.29, 0.717) is 29.5 Å². The topological polar surface area (TPSA) is 98.2 Å². The number of aliphatic hydroxyl groups is 1. The van der Waals surface area contributed by atoms with Crippen molar-refractivity contribution in [3.63, 3.8) is 0 Å². The van der Waals surface area contributed by atoms with Gasteiger partial charge >= 0.3 is 0 Å². The predicted octanol–water partition coefficient (Wildman–Crippen LogP) is 1.90. The van der Waals surface area contributed by atoms with Crippen molar-refractivity contribution in [3.05, 3.63) is 30.2 Å². The number of alkyl halides is 2. The fourth-order valence-electron chi connectivity index (χ4n) is 3.64. The summed E-state index contributed by atoms with van der Waals surface area (Å²) in [5, 5.41) is 19.0. The standard InChI is InChI=1S/C18H23F2N7O/c1-10(9-28)24-15-3-12(27-8-11-2-13(27)5-21-11)4-16(25-15)26-17-7-22-14(6-23-17)18(19)20/h3-4,6-7,10-11,13,18,21,28H,2,5,8-9H2,1H3,(H2,23,24,25,26).